The zero-order chi connectivity index (χ0) is 16.2. The van der Waals surface area contributed by atoms with Gasteiger partial charge in [-0.1, -0.05) is 25.1 Å². The standard InChI is InChI=1S/C18H17NO3S/c1-2-11-21-12-7-9-13(10-8-12)22-18(20)17-16(19)14-5-3-4-6-15(14)23-17/h3-10H,2,11,19H2,1H3. The van der Waals surface area contributed by atoms with E-state index in [1.165, 1.54) is 11.3 Å². The highest BCUT2D eigenvalue weighted by atomic mass is 32.1. The van der Waals surface area contributed by atoms with Gasteiger partial charge >= 0.3 is 5.97 Å². The summed E-state index contributed by atoms with van der Waals surface area (Å²) in [6.07, 6.45) is 0.946. The maximum atomic E-state index is 12.3. The molecule has 0 aliphatic rings. The minimum atomic E-state index is -0.439. The van der Waals surface area contributed by atoms with Gasteiger partial charge in [-0.15, -0.1) is 11.3 Å². The molecule has 0 unspecified atom stereocenters. The third kappa shape index (κ3) is 3.29. The van der Waals surface area contributed by atoms with Gasteiger partial charge in [0.15, 0.2) is 0 Å². The third-order valence-corrected chi connectivity index (χ3v) is 4.49. The number of ether oxygens (including phenoxy) is 2. The topological polar surface area (TPSA) is 61.5 Å². The van der Waals surface area contributed by atoms with Crippen molar-refractivity contribution < 1.29 is 14.3 Å². The number of carbonyl (C=O) groups excluding carboxylic acids is 1. The quantitative estimate of drug-likeness (QED) is 0.554. The van der Waals surface area contributed by atoms with Crippen molar-refractivity contribution in [2.75, 3.05) is 12.3 Å². The Balaban J connectivity index is 1.76. The summed E-state index contributed by atoms with van der Waals surface area (Å²) < 4.78 is 11.9. The van der Waals surface area contributed by atoms with Crippen LogP contribution in [0, 0.1) is 0 Å². The van der Waals surface area contributed by atoms with Gasteiger partial charge in [-0.05, 0) is 36.8 Å². The summed E-state index contributed by atoms with van der Waals surface area (Å²) >= 11 is 1.34. The molecule has 0 aliphatic heterocycles. The Hall–Kier alpha value is -2.53. The molecule has 0 saturated heterocycles. The lowest BCUT2D eigenvalue weighted by atomic mass is 10.2. The number of carbonyl (C=O) groups is 1. The molecular formula is C18H17NO3S. The highest BCUT2D eigenvalue weighted by molar-refractivity contribution is 7.21. The van der Waals surface area contributed by atoms with Gasteiger partial charge in [0.1, 0.15) is 16.4 Å². The van der Waals surface area contributed by atoms with Crippen LogP contribution < -0.4 is 15.2 Å². The molecule has 0 spiro atoms. The van der Waals surface area contributed by atoms with Crippen LogP contribution in [0.3, 0.4) is 0 Å². The molecule has 1 heterocycles. The van der Waals surface area contributed by atoms with Crippen molar-refractivity contribution in [3.63, 3.8) is 0 Å². The lowest BCUT2D eigenvalue weighted by molar-refractivity contribution is 0.0740. The Bertz CT molecular complexity index is 824. The Morgan fingerprint density at radius 2 is 1.78 bits per heavy atom. The molecule has 4 nitrogen and oxygen atoms in total. The van der Waals surface area contributed by atoms with Crippen molar-refractivity contribution in [1.29, 1.82) is 0 Å². The number of thiophene rings is 1. The Morgan fingerprint density at radius 3 is 2.48 bits per heavy atom. The number of benzene rings is 2. The van der Waals surface area contributed by atoms with Crippen molar-refractivity contribution in [2.45, 2.75) is 13.3 Å². The summed E-state index contributed by atoms with van der Waals surface area (Å²) in [5.74, 6) is 0.787. The molecule has 5 heteroatoms. The third-order valence-electron chi connectivity index (χ3n) is 3.33. The molecule has 0 atom stereocenters. The summed E-state index contributed by atoms with van der Waals surface area (Å²) in [6, 6.07) is 14.7. The number of rotatable bonds is 5. The number of hydrogen-bond donors (Lipinski definition) is 1. The van der Waals surface area contributed by atoms with Crippen LogP contribution in [0.4, 0.5) is 5.69 Å². The first kappa shape index (κ1) is 15.4. The maximum absolute atomic E-state index is 12.3. The first-order chi connectivity index (χ1) is 11.2. The normalized spacial score (nSPS) is 10.7. The summed E-state index contributed by atoms with van der Waals surface area (Å²) in [5, 5.41) is 0.882. The van der Waals surface area contributed by atoms with Crippen LogP contribution in [-0.4, -0.2) is 12.6 Å². The van der Waals surface area contributed by atoms with Crippen LogP contribution in [0.5, 0.6) is 11.5 Å². The van der Waals surface area contributed by atoms with E-state index in [0.29, 0.717) is 22.9 Å². The number of anilines is 1. The van der Waals surface area contributed by atoms with Gasteiger partial charge in [-0.25, -0.2) is 4.79 Å². The largest absolute Gasteiger partial charge is 0.494 e. The molecule has 0 amide bonds. The van der Waals surface area contributed by atoms with E-state index in [-0.39, 0.29) is 0 Å². The molecule has 0 radical (unpaired) electrons. The van der Waals surface area contributed by atoms with E-state index in [0.717, 1.165) is 22.3 Å². The fourth-order valence-corrected chi connectivity index (χ4v) is 3.19. The molecule has 2 N–H and O–H groups in total. The second-order valence-electron chi connectivity index (χ2n) is 5.05. The van der Waals surface area contributed by atoms with Crippen LogP contribution in [-0.2, 0) is 0 Å². The van der Waals surface area contributed by atoms with Crippen LogP contribution in [0.2, 0.25) is 0 Å². The Kier molecular flexibility index (Phi) is 4.48. The van der Waals surface area contributed by atoms with Gasteiger partial charge in [0, 0.05) is 10.1 Å². The number of fused-ring (bicyclic) bond motifs is 1. The van der Waals surface area contributed by atoms with Gasteiger partial charge in [-0.2, -0.15) is 0 Å². The summed E-state index contributed by atoms with van der Waals surface area (Å²) in [4.78, 5) is 12.8. The van der Waals surface area contributed by atoms with Crippen LogP contribution >= 0.6 is 11.3 Å². The SMILES string of the molecule is CCCOc1ccc(OC(=O)c2sc3ccccc3c2N)cc1. The van der Waals surface area contributed by atoms with Crippen LogP contribution in [0.25, 0.3) is 10.1 Å². The molecule has 0 aliphatic carbocycles. The molecule has 3 rings (SSSR count). The number of nitrogens with two attached hydrogens (primary N) is 1. The average molecular weight is 327 g/mol. The molecule has 0 fully saturated rings. The molecular weight excluding hydrogens is 310 g/mol. The molecule has 0 bridgehead atoms. The summed E-state index contributed by atoms with van der Waals surface area (Å²) in [5.41, 5.74) is 6.53. The smallest absolute Gasteiger partial charge is 0.355 e. The van der Waals surface area contributed by atoms with Crippen LogP contribution in [0.1, 0.15) is 23.0 Å². The fraction of sp³-hybridized carbons (Fsp3) is 0.167. The predicted molar refractivity (Wildman–Crippen MR) is 93.4 cm³/mol. The Labute approximate surface area is 138 Å². The zero-order valence-electron chi connectivity index (χ0n) is 12.7. The predicted octanol–water partition coefficient (Wildman–Crippen LogP) is 4.49. The van der Waals surface area contributed by atoms with E-state index < -0.39 is 5.97 Å². The summed E-state index contributed by atoms with van der Waals surface area (Å²) in [7, 11) is 0. The molecule has 118 valence electrons. The maximum Gasteiger partial charge on any atom is 0.355 e. The van der Waals surface area contributed by atoms with Gasteiger partial charge in [0.25, 0.3) is 0 Å². The minimum Gasteiger partial charge on any atom is -0.494 e. The van der Waals surface area contributed by atoms with Crippen molar-refractivity contribution in [3.05, 3.63) is 53.4 Å². The van der Waals surface area contributed by atoms with Gasteiger partial charge in [0.05, 0.1) is 12.3 Å². The van der Waals surface area contributed by atoms with E-state index in [1.54, 1.807) is 24.3 Å². The highest BCUT2D eigenvalue weighted by Crippen LogP contribution is 2.34. The lowest BCUT2D eigenvalue weighted by Gasteiger charge is -2.06. The van der Waals surface area contributed by atoms with Crippen molar-refractivity contribution in [3.8, 4) is 11.5 Å². The first-order valence-corrected chi connectivity index (χ1v) is 8.22. The number of esters is 1. The first-order valence-electron chi connectivity index (χ1n) is 7.41. The number of nitrogen functional groups attached to an aromatic ring is 1. The van der Waals surface area contributed by atoms with Crippen molar-refractivity contribution >= 4 is 33.1 Å². The minimum absolute atomic E-state index is 0.428. The second-order valence-corrected chi connectivity index (χ2v) is 6.10. The average Bonchev–Trinajstić information content (AvgIpc) is 2.92. The second kappa shape index (κ2) is 6.71. The number of hydrogen-bond acceptors (Lipinski definition) is 5. The zero-order valence-corrected chi connectivity index (χ0v) is 13.6. The van der Waals surface area contributed by atoms with Gasteiger partial charge in [0.2, 0.25) is 0 Å². The van der Waals surface area contributed by atoms with E-state index in [4.69, 9.17) is 15.2 Å². The molecule has 23 heavy (non-hydrogen) atoms. The Morgan fingerprint density at radius 1 is 1.09 bits per heavy atom. The molecule has 3 aromatic rings. The van der Waals surface area contributed by atoms with Gasteiger partial charge < -0.3 is 15.2 Å². The monoisotopic (exact) mass is 327 g/mol. The van der Waals surface area contributed by atoms with Crippen molar-refractivity contribution in [1.82, 2.24) is 0 Å². The summed E-state index contributed by atoms with van der Waals surface area (Å²) in [6.45, 7) is 2.71. The van der Waals surface area contributed by atoms with Gasteiger partial charge in [-0.3, -0.25) is 0 Å². The fourth-order valence-electron chi connectivity index (χ4n) is 2.19. The van der Waals surface area contributed by atoms with E-state index in [1.807, 2.05) is 31.2 Å². The molecule has 1 aromatic heterocycles. The molecule has 2 aromatic carbocycles. The van der Waals surface area contributed by atoms with Crippen LogP contribution in [0.15, 0.2) is 48.5 Å². The molecule has 0 saturated carbocycles. The van der Waals surface area contributed by atoms with Crippen molar-refractivity contribution in [2.24, 2.45) is 0 Å². The van der Waals surface area contributed by atoms with E-state index in [2.05, 4.69) is 0 Å². The lowest BCUT2D eigenvalue weighted by Crippen LogP contribution is -2.08. The van der Waals surface area contributed by atoms with E-state index >= 15 is 0 Å². The van der Waals surface area contributed by atoms with E-state index in [9.17, 15) is 4.79 Å². The highest BCUT2D eigenvalue weighted by Gasteiger charge is 2.18.